The predicted molar refractivity (Wildman–Crippen MR) is 52.2 cm³/mol. The Hall–Kier alpha value is -1.32. The van der Waals surface area contributed by atoms with E-state index in [0.29, 0.717) is 5.69 Å². The molecule has 1 N–H and O–H groups in total. The Morgan fingerprint density at radius 2 is 2.14 bits per heavy atom. The Morgan fingerprint density at radius 3 is 2.64 bits per heavy atom. The molecule has 0 unspecified atom stereocenters. The van der Waals surface area contributed by atoms with Crippen LogP contribution in [0.3, 0.4) is 0 Å². The van der Waals surface area contributed by atoms with Crippen molar-refractivity contribution in [1.29, 1.82) is 0 Å². The number of methoxy groups -OCH3 is 1. The van der Waals surface area contributed by atoms with E-state index in [-0.39, 0.29) is 6.54 Å². The van der Waals surface area contributed by atoms with Crippen molar-refractivity contribution < 1.29 is 13.5 Å². The highest BCUT2D eigenvalue weighted by Crippen LogP contribution is 2.21. The van der Waals surface area contributed by atoms with Crippen LogP contribution in [0.2, 0.25) is 0 Å². The third-order valence-corrected chi connectivity index (χ3v) is 1.86. The lowest BCUT2D eigenvalue weighted by atomic mass is 10.2. The molecule has 14 heavy (non-hydrogen) atoms. The normalized spacial score (nSPS) is 10.4. The van der Waals surface area contributed by atoms with E-state index in [0.717, 1.165) is 11.3 Å². The van der Waals surface area contributed by atoms with Crippen LogP contribution in [0.25, 0.3) is 0 Å². The third-order valence-electron chi connectivity index (χ3n) is 1.86. The monoisotopic (exact) mass is 201 g/mol. The summed E-state index contributed by atoms with van der Waals surface area (Å²) in [6, 6.07) is 5.25. The molecule has 0 aliphatic heterocycles. The average Bonchev–Trinajstić information content (AvgIpc) is 2.15. The maximum Gasteiger partial charge on any atom is 0.255 e. The van der Waals surface area contributed by atoms with Crippen LogP contribution in [-0.2, 0) is 0 Å². The molecule has 0 aliphatic rings. The molecule has 1 aromatic carbocycles. The molecule has 0 radical (unpaired) electrons. The number of hydrogen-bond acceptors (Lipinski definition) is 2. The minimum atomic E-state index is -2.34. The van der Waals surface area contributed by atoms with Gasteiger partial charge in [0.2, 0.25) is 0 Å². The molecule has 0 bridgehead atoms. The lowest BCUT2D eigenvalue weighted by Crippen LogP contribution is -2.10. The number of aryl methyl sites for hydroxylation is 1. The molecule has 0 aliphatic carbocycles. The van der Waals surface area contributed by atoms with Crippen LogP contribution in [0.1, 0.15) is 5.56 Å². The summed E-state index contributed by atoms with van der Waals surface area (Å²) in [6.45, 7) is 1.54. The van der Waals surface area contributed by atoms with Gasteiger partial charge in [0.15, 0.2) is 0 Å². The molecular weight excluding hydrogens is 188 g/mol. The molecule has 0 aromatic heterocycles. The van der Waals surface area contributed by atoms with Crippen LogP contribution in [0.15, 0.2) is 18.2 Å². The molecule has 0 fully saturated rings. The number of ether oxygens (including phenoxy) is 1. The standard InChI is InChI=1S/C10H13F2NO/c1-7-5-8(13-6-10(11)12)3-4-9(7)14-2/h3-5,10,13H,6H2,1-2H3. The van der Waals surface area contributed by atoms with Gasteiger partial charge in [-0.1, -0.05) is 0 Å². The zero-order chi connectivity index (χ0) is 10.6. The minimum absolute atomic E-state index is 0.328. The summed E-state index contributed by atoms with van der Waals surface area (Å²) in [6.07, 6.45) is -2.34. The molecule has 0 spiro atoms. The number of hydrogen-bond donors (Lipinski definition) is 1. The van der Waals surface area contributed by atoms with Crippen molar-refractivity contribution >= 4 is 5.69 Å². The van der Waals surface area contributed by atoms with Gasteiger partial charge in [-0.15, -0.1) is 0 Å². The predicted octanol–water partition coefficient (Wildman–Crippen LogP) is 2.68. The fraction of sp³-hybridized carbons (Fsp3) is 0.400. The molecule has 0 atom stereocenters. The van der Waals surface area contributed by atoms with E-state index in [4.69, 9.17) is 4.74 Å². The second-order valence-electron chi connectivity index (χ2n) is 2.96. The van der Waals surface area contributed by atoms with Gasteiger partial charge in [-0.25, -0.2) is 8.78 Å². The van der Waals surface area contributed by atoms with Gasteiger partial charge in [0.1, 0.15) is 5.75 Å². The zero-order valence-corrected chi connectivity index (χ0v) is 8.18. The maximum absolute atomic E-state index is 11.9. The van der Waals surface area contributed by atoms with Gasteiger partial charge in [-0.2, -0.15) is 0 Å². The van der Waals surface area contributed by atoms with Gasteiger partial charge >= 0.3 is 0 Å². The van der Waals surface area contributed by atoms with E-state index in [9.17, 15) is 8.78 Å². The van der Waals surface area contributed by atoms with E-state index < -0.39 is 6.43 Å². The molecule has 0 heterocycles. The summed E-state index contributed by atoms with van der Waals surface area (Å²) in [5, 5.41) is 2.63. The minimum Gasteiger partial charge on any atom is -0.496 e. The second kappa shape index (κ2) is 4.79. The Kier molecular flexibility index (Phi) is 3.68. The van der Waals surface area contributed by atoms with Crippen molar-refractivity contribution in [3.8, 4) is 5.75 Å². The van der Waals surface area contributed by atoms with E-state index in [2.05, 4.69) is 5.32 Å². The Labute approximate surface area is 81.9 Å². The smallest absolute Gasteiger partial charge is 0.255 e. The fourth-order valence-corrected chi connectivity index (χ4v) is 1.18. The van der Waals surface area contributed by atoms with E-state index >= 15 is 0 Å². The Morgan fingerprint density at radius 1 is 1.43 bits per heavy atom. The number of anilines is 1. The number of benzene rings is 1. The quantitative estimate of drug-likeness (QED) is 0.808. The lowest BCUT2D eigenvalue weighted by Gasteiger charge is -2.09. The number of halogens is 2. The van der Waals surface area contributed by atoms with Crippen LogP contribution < -0.4 is 10.1 Å². The average molecular weight is 201 g/mol. The first kappa shape index (κ1) is 10.8. The summed E-state index contributed by atoms with van der Waals surface area (Å²) in [5.74, 6) is 0.757. The van der Waals surface area contributed by atoms with Crippen molar-refractivity contribution in [2.24, 2.45) is 0 Å². The Balaban J connectivity index is 2.66. The zero-order valence-electron chi connectivity index (χ0n) is 8.18. The maximum atomic E-state index is 11.9. The summed E-state index contributed by atoms with van der Waals surface area (Å²) in [7, 11) is 1.58. The van der Waals surface area contributed by atoms with Gasteiger partial charge in [0.25, 0.3) is 6.43 Å². The van der Waals surface area contributed by atoms with Crippen molar-refractivity contribution in [2.45, 2.75) is 13.3 Å². The third kappa shape index (κ3) is 2.87. The lowest BCUT2D eigenvalue weighted by molar-refractivity contribution is 0.163. The molecule has 1 rings (SSSR count). The topological polar surface area (TPSA) is 21.3 Å². The van der Waals surface area contributed by atoms with Crippen molar-refractivity contribution in [2.75, 3.05) is 19.0 Å². The number of alkyl halides is 2. The van der Waals surface area contributed by atoms with E-state index in [1.807, 2.05) is 6.92 Å². The second-order valence-corrected chi connectivity index (χ2v) is 2.96. The molecule has 1 aromatic rings. The van der Waals surface area contributed by atoms with E-state index in [1.165, 1.54) is 0 Å². The van der Waals surface area contributed by atoms with Crippen LogP contribution in [0.5, 0.6) is 5.75 Å². The molecule has 0 amide bonds. The Bertz CT molecular complexity index is 302. The first-order valence-electron chi connectivity index (χ1n) is 4.30. The molecule has 2 nitrogen and oxygen atoms in total. The van der Waals surface area contributed by atoms with E-state index in [1.54, 1.807) is 25.3 Å². The molecule has 78 valence electrons. The summed E-state index contributed by atoms with van der Waals surface area (Å²) < 4.78 is 28.8. The summed E-state index contributed by atoms with van der Waals surface area (Å²) in [4.78, 5) is 0. The number of nitrogens with one attached hydrogen (secondary N) is 1. The SMILES string of the molecule is COc1ccc(NCC(F)F)cc1C. The van der Waals surface area contributed by atoms with Crippen LogP contribution in [0, 0.1) is 6.92 Å². The van der Waals surface area contributed by atoms with Crippen molar-refractivity contribution in [3.63, 3.8) is 0 Å². The van der Waals surface area contributed by atoms with Gasteiger partial charge in [0, 0.05) is 5.69 Å². The van der Waals surface area contributed by atoms with Gasteiger partial charge in [-0.3, -0.25) is 0 Å². The molecule has 0 saturated carbocycles. The van der Waals surface area contributed by atoms with Crippen molar-refractivity contribution in [1.82, 2.24) is 0 Å². The fourth-order valence-electron chi connectivity index (χ4n) is 1.18. The first-order chi connectivity index (χ1) is 6.63. The van der Waals surface area contributed by atoms with Gasteiger partial charge < -0.3 is 10.1 Å². The number of rotatable bonds is 4. The molecular formula is C10H13F2NO. The highest BCUT2D eigenvalue weighted by atomic mass is 19.3. The largest absolute Gasteiger partial charge is 0.496 e. The highest BCUT2D eigenvalue weighted by molar-refractivity contribution is 5.50. The van der Waals surface area contributed by atoms with Crippen LogP contribution in [-0.4, -0.2) is 20.1 Å². The summed E-state index contributed by atoms with van der Waals surface area (Å²) in [5.41, 5.74) is 1.61. The first-order valence-corrected chi connectivity index (χ1v) is 4.30. The van der Waals surface area contributed by atoms with Crippen LogP contribution in [0.4, 0.5) is 14.5 Å². The highest BCUT2D eigenvalue weighted by Gasteiger charge is 2.03. The van der Waals surface area contributed by atoms with Crippen LogP contribution >= 0.6 is 0 Å². The molecule has 4 heteroatoms. The molecule has 0 saturated heterocycles. The van der Waals surface area contributed by atoms with Crippen molar-refractivity contribution in [3.05, 3.63) is 23.8 Å². The van der Waals surface area contributed by atoms with Gasteiger partial charge in [0.05, 0.1) is 13.7 Å². The van der Waals surface area contributed by atoms with Gasteiger partial charge in [-0.05, 0) is 30.7 Å². The summed E-state index contributed by atoms with van der Waals surface area (Å²) >= 11 is 0.